The lowest BCUT2D eigenvalue weighted by atomic mass is 9.71. The van der Waals surface area contributed by atoms with Gasteiger partial charge in [0.25, 0.3) is 0 Å². The van der Waals surface area contributed by atoms with Gasteiger partial charge in [0.1, 0.15) is 0 Å². The van der Waals surface area contributed by atoms with E-state index in [9.17, 15) is 10.2 Å². The Morgan fingerprint density at radius 2 is 2.21 bits per heavy atom. The van der Waals surface area contributed by atoms with Crippen LogP contribution < -0.4 is 4.74 Å². The summed E-state index contributed by atoms with van der Waals surface area (Å²) < 4.78 is 5.32. The summed E-state index contributed by atoms with van der Waals surface area (Å²) in [4.78, 5) is 2.36. The van der Waals surface area contributed by atoms with Crippen molar-refractivity contribution in [1.29, 1.82) is 0 Å². The third-order valence-electron chi connectivity index (χ3n) is 5.72. The highest BCUT2D eigenvalue weighted by Crippen LogP contribution is 2.41. The predicted octanol–water partition coefficient (Wildman–Crippen LogP) is 3.26. The number of ether oxygens (including phenoxy) is 1. The summed E-state index contributed by atoms with van der Waals surface area (Å²) in [6, 6.07) is 3.91. The van der Waals surface area contributed by atoms with Crippen LogP contribution in [0, 0.1) is 5.92 Å². The van der Waals surface area contributed by atoms with Crippen molar-refractivity contribution in [2.75, 3.05) is 20.2 Å². The Morgan fingerprint density at radius 3 is 2.96 bits per heavy atom. The van der Waals surface area contributed by atoms with Crippen LogP contribution in [0.5, 0.6) is 11.5 Å². The van der Waals surface area contributed by atoms with Gasteiger partial charge in [-0.1, -0.05) is 25.0 Å². The second-order valence-electron chi connectivity index (χ2n) is 7.33. The molecule has 24 heavy (non-hydrogen) atoms. The van der Waals surface area contributed by atoms with E-state index in [1.807, 2.05) is 18.2 Å². The molecule has 4 nitrogen and oxygen atoms in total. The van der Waals surface area contributed by atoms with Gasteiger partial charge in [0.15, 0.2) is 11.5 Å². The van der Waals surface area contributed by atoms with E-state index in [0.717, 1.165) is 56.3 Å². The maximum Gasteiger partial charge on any atom is 0.162 e. The molecular weight excluding hydrogens is 302 g/mol. The largest absolute Gasteiger partial charge is 0.504 e. The fourth-order valence-corrected chi connectivity index (χ4v) is 4.31. The molecule has 1 saturated heterocycles. The number of fused-ring (bicyclic) bond motifs is 1. The number of rotatable bonds is 5. The summed E-state index contributed by atoms with van der Waals surface area (Å²) in [6.45, 7) is 6.27. The van der Waals surface area contributed by atoms with Crippen LogP contribution in [0.4, 0.5) is 0 Å². The highest BCUT2D eigenvalue weighted by atomic mass is 16.5. The molecule has 2 atom stereocenters. The topological polar surface area (TPSA) is 52.9 Å². The average molecular weight is 331 g/mol. The zero-order valence-corrected chi connectivity index (χ0v) is 14.6. The Kier molecular flexibility index (Phi) is 5.16. The molecule has 4 heteroatoms. The van der Waals surface area contributed by atoms with Gasteiger partial charge < -0.3 is 14.9 Å². The van der Waals surface area contributed by atoms with Crippen LogP contribution in [0.1, 0.15) is 43.2 Å². The number of benzene rings is 1. The van der Waals surface area contributed by atoms with Crippen LogP contribution >= 0.6 is 0 Å². The van der Waals surface area contributed by atoms with Crippen molar-refractivity contribution in [3.8, 4) is 11.5 Å². The van der Waals surface area contributed by atoms with Gasteiger partial charge in [-0.3, -0.25) is 4.90 Å². The first-order valence-electron chi connectivity index (χ1n) is 9.00. The number of allylic oxidation sites excluding steroid dienone is 1. The van der Waals surface area contributed by atoms with E-state index >= 15 is 0 Å². The summed E-state index contributed by atoms with van der Waals surface area (Å²) in [5.41, 5.74) is 1.53. The van der Waals surface area contributed by atoms with Crippen molar-refractivity contribution in [2.45, 2.75) is 50.7 Å². The van der Waals surface area contributed by atoms with Gasteiger partial charge in [-0.25, -0.2) is 0 Å². The molecule has 1 saturated carbocycles. The van der Waals surface area contributed by atoms with Gasteiger partial charge >= 0.3 is 0 Å². The van der Waals surface area contributed by atoms with Gasteiger partial charge in [0, 0.05) is 31.1 Å². The van der Waals surface area contributed by atoms with Crippen molar-refractivity contribution < 1.29 is 14.9 Å². The van der Waals surface area contributed by atoms with E-state index < -0.39 is 5.60 Å². The fraction of sp³-hybridized carbons (Fsp3) is 0.600. The Balaban J connectivity index is 1.76. The first-order valence-corrected chi connectivity index (χ1v) is 9.00. The van der Waals surface area contributed by atoms with Gasteiger partial charge in [-0.2, -0.15) is 0 Å². The number of hydrogen-bond acceptors (Lipinski definition) is 4. The first kappa shape index (κ1) is 17.3. The molecule has 132 valence electrons. The minimum absolute atomic E-state index is 0.231. The third kappa shape index (κ3) is 3.45. The standard InChI is InChI=1S/C20H29NO3/c1-3-6-15-11-16(19(22)18(12-15)24-2)13-21-10-9-20(23)8-5-4-7-17(20)14-21/h3,11-12,17,22-23H,1,4-10,13-14H2,2H3. The molecule has 1 heterocycles. The first-order chi connectivity index (χ1) is 11.6. The van der Waals surface area contributed by atoms with Crippen LogP contribution in [-0.4, -0.2) is 40.9 Å². The molecule has 1 aliphatic carbocycles. The molecule has 0 spiro atoms. The Bertz CT molecular complexity index is 601. The SMILES string of the molecule is C=CCc1cc(CN2CCC3(O)CCCCC3C2)c(O)c(OC)c1. The lowest BCUT2D eigenvalue weighted by Gasteiger charge is -2.47. The number of hydrogen-bond donors (Lipinski definition) is 2. The molecule has 0 amide bonds. The Labute approximate surface area is 144 Å². The highest BCUT2D eigenvalue weighted by molar-refractivity contribution is 5.49. The van der Waals surface area contributed by atoms with Crippen LogP contribution in [-0.2, 0) is 13.0 Å². The van der Waals surface area contributed by atoms with Gasteiger partial charge in [0.05, 0.1) is 12.7 Å². The molecule has 2 unspecified atom stereocenters. The van der Waals surface area contributed by atoms with E-state index in [1.54, 1.807) is 7.11 Å². The van der Waals surface area contributed by atoms with Crippen molar-refractivity contribution in [1.82, 2.24) is 4.90 Å². The molecule has 1 aromatic carbocycles. The maximum absolute atomic E-state index is 10.8. The summed E-state index contributed by atoms with van der Waals surface area (Å²) in [6.07, 6.45) is 7.87. The van der Waals surface area contributed by atoms with Crippen molar-refractivity contribution >= 4 is 0 Å². The molecule has 1 aromatic rings. The summed E-state index contributed by atoms with van der Waals surface area (Å²) in [5, 5.41) is 21.3. The average Bonchev–Trinajstić information content (AvgIpc) is 2.58. The number of phenols is 1. The fourth-order valence-electron chi connectivity index (χ4n) is 4.31. The van der Waals surface area contributed by atoms with Gasteiger partial charge in [-0.05, 0) is 37.3 Å². The van der Waals surface area contributed by atoms with Crippen LogP contribution in [0.2, 0.25) is 0 Å². The molecule has 1 aliphatic heterocycles. The summed E-state index contributed by atoms with van der Waals surface area (Å²) in [7, 11) is 1.58. The van der Waals surface area contributed by atoms with Gasteiger partial charge in [0.2, 0.25) is 0 Å². The lowest BCUT2D eigenvalue weighted by Crippen LogP contribution is -2.52. The van der Waals surface area contributed by atoms with Crippen molar-refractivity contribution in [3.63, 3.8) is 0 Å². The molecule has 2 aliphatic rings. The number of piperidine rings is 1. The smallest absolute Gasteiger partial charge is 0.162 e. The van der Waals surface area contributed by atoms with Crippen molar-refractivity contribution in [2.24, 2.45) is 5.92 Å². The van der Waals surface area contributed by atoms with Gasteiger partial charge in [-0.15, -0.1) is 6.58 Å². The number of likely N-dealkylation sites (tertiary alicyclic amines) is 1. The number of nitrogens with zero attached hydrogens (tertiary/aromatic N) is 1. The van der Waals surface area contributed by atoms with Crippen LogP contribution in [0.15, 0.2) is 24.8 Å². The minimum atomic E-state index is -0.459. The molecule has 0 radical (unpaired) electrons. The Morgan fingerprint density at radius 1 is 1.38 bits per heavy atom. The molecule has 2 N–H and O–H groups in total. The number of aliphatic hydroxyl groups is 1. The van der Waals surface area contributed by atoms with Crippen LogP contribution in [0.3, 0.4) is 0 Å². The Hall–Kier alpha value is -1.52. The summed E-state index contributed by atoms with van der Waals surface area (Å²) >= 11 is 0. The van der Waals surface area contributed by atoms with E-state index in [1.165, 1.54) is 6.42 Å². The molecule has 0 bridgehead atoms. The van der Waals surface area contributed by atoms with E-state index in [-0.39, 0.29) is 5.75 Å². The third-order valence-corrected chi connectivity index (χ3v) is 5.72. The normalized spacial score (nSPS) is 27.5. The highest BCUT2D eigenvalue weighted by Gasteiger charge is 2.42. The van der Waals surface area contributed by atoms with E-state index in [4.69, 9.17) is 4.74 Å². The number of aromatic hydroxyl groups is 1. The zero-order chi connectivity index (χ0) is 17.2. The predicted molar refractivity (Wildman–Crippen MR) is 95.4 cm³/mol. The van der Waals surface area contributed by atoms with Crippen LogP contribution in [0.25, 0.3) is 0 Å². The second-order valence-corrected chi connectivity index (χ2v) is 7.33. The van der Waals surface area contributed by atoms with Crippen molar-refractivity contribution in [3.05, 3.63) is 35.9 Å². The molecule has 2 fully saturated rings. The lowest BCUT2D eigenvalue weighted by molar-refractivity contribution is -0.0968. The molecule has 3 rings (SSSR count). The van der Waals surface area contributed by atoms with E-state index in [0.29, 0.717) is 18.2 Å². The zero-order valence-electron chi connectivity index (χ0n) is 14.6. The minimum Gasteiger partial charge on any atom is -0.504 e. The molecule has 0 aromatic heterocycles. The number of methoxy groups -OCH3 is 1. The van der Waals surface area contributed by atoms with E-state index in [2.05, 4.69) is 11.5 Å². The quantitative estimate of drug-likeness (QED) is 0.813. The second kappa shape index (κ2) is 7.16. The summed E-state index contributed by atoms with van der Waals surface area (Å²) in [5.74, 6) is 1.12. The molecular formula is C20H29NO3. The maximum atomic E-state index is 10.8. The monoisotopic (exact) mass is 331 g/mol. The number of phenolic OH excluding ortho intramolecular Hbond substituents is 1.